The van der Waals surface area contributed by atoms with E-state index in [1.807, 2.05) is 19.9 Å². The fraction of sp³-hybridized carbons (Fsp3) is 0.933. The van der Waals surface area contributed by atoms with Crippen LogP contribution in [0.1, 0.15) is 158 Å². The normalized spacial score (nSPS) is 9.76. The number of methoxy groups -OCH3 is 1. The molecule has 33 heavy (non-hydrogen) atoms. The van der Waals surface area contributed by atoms with Gasteiger partial charge in [-0.3, -0.25) is 0 Å². The van der Waals surface area contributed by atoms with Gasteiger partial charge in [-0.05, 0) is 38.0 Å². The number of ether oxygens (including phenoxy) is 1. The lowest BCUT2D eigenvalue weighted by Gasteiger charge is -2.12. The van der Waals surface area contributed by atoms with E-state index in [-0.39, 0.29) is 5.48 Å². The van der Waals surface area contributed by atoms with Gasteiger partial charge in [-0.2, -0.15) is 0 Å². The van der Waals surface area contributed by atoms with Crippen LogP contribution in [0.5, 0.6) is 0 Å². The summed E-state index contributed by atoms with van der Waals surface area (Å²) in [6.45, 7) is 22.3. The first-order valence-corrected chi connectivity index (χ1v) is 14.3. The first-order chi connectivity index (χ1) is 15.6. The van der Waals surface area contributed by atoms with Crippen molar-refractivity contribution < 1.29 is 15.3 Å². The third-order valence-electron chi connectivity index (χ3n) is 4.97. The number of hydrogen-bond donors (Lipinski definition) is 1. The Hall–Kier alpha value is -0.380. The second-order valence-electron chi connectivity index (χ2n) is 8.12. The largest absolute Gasteiger partial charge is 0.412 e. The van der Waals surface area contributed by atoms with Gasteiger partial charge in [0.2, 0.25) is 0 Å². The van der Waals surface area contributed by atoms with Crippen molar-refractivity contribution in [3.05, 3.63) is 12.7 Å². The molecule has 0 amide bonds. The molecule has 0 aromatic rings. The van der Waals surface area contributed by atoms with Crippen LogP contribution in [0, 0.1) is 5.92 Å². The molecule has 0 bridgehead atoms. The molecule has 0 aromatic carbocycles. The molecule has 1 atom stereocenters. The first kappa shape index (κ1) is 46.0. The van der Waals surface area contributed by atoms with Crippen LogP contribution in [-0.2, 0) is 4.74 Å². The van der Waals surface area contributed by atoms with Gasteiger partial charge >= 0.3 is 0 Å². The summed E-state index contributed by atoms with van der Waals surface area (Å²) in [5.74, 6) is 0.940. The van der Waals surface area contributed by atoms with Crippen LogP contribution in [0.15, 0.2) is 12.7 Å². The highest BCUT2D eigenvalue weighted by Crippen LogP contribution is 2.16. The monoisotopic (exact) mass is 479 g/mol. The van der Waals surface area contributed by atoms with Gasteiger partial charge in [0, 0.05) is 20.3 Å². The molecule has 0 unspecified atom stereocenters. The van der Waals surface area contributed by atoms with Crippen molar-refractivity contribution in [1.29, 1.82) is 0 Å². The molecule has 3 nitrogen and oxygen atoms in total. The van der Waals surface area contributed by atoms with E-state index in [1.165, 1.54) is 89.9 Å². The SMILES string of the molecule is C=CCCCCC.CC.CCCCCC.CCCCCO.CCC[C@@H](CC)CCCOC.O. The molecule has 0 heterocycles. The Morgan fingerprint density at radius 1 is 0.697 bits per heavy atom. The molecular formula is C30H70O3. The van der Waals surface area contributed by atoms with Crippen molar-refractivity contribution in [3.63, 3.8) is 0 Å². The van der Waals surface area contributed by atoms with Crippen LogP contribution < -0.4 is 0 Å². The fourth-order valence-electron chi connectivity index (χ4n) is 2.88. The van der Waals surface area contributed by atoms with E-state index in [0.29, 0.717) is 6.61 Å². The van der Waals surface area contributed by atoms with Gasteiger partial charge in [0.1, 0.15) is 0 Å². The Morgan fingerprint density at radius 2 is 1.15 bits per heavy atom. The number of unbranched alkanes of at least 4 members (excludes halogenated alkanes) is 8. The van der Waals surface area contributed by atoms with Crippen molar-refractivity contribution in [2.45, 2.75) is 158 Å². The van der Waals surface area contributed by atoms with E-state index in [1.54, 1.807) is 7.11 Å². The predicted octanol–water partition coefficient (Wildman–Crippen LogP) is 9.95. The molecule has 0 fully saturated rings. The number of hydrogen-bond acceptors (Lipinski definition) is 2. The Kier molecular flexibility index (Phi) is 80.8. The fourth-order valence-corrected chi connectivity index (χ4v) is 2.88. The molecule has 0 aromatic heterocycles. The minimum atomic E-state index is 0. The molecule has 0 spiro atoms. The molecule has 0 saturated carbocycles. The smallest absolute Gasteiger partial charge is 0.0462 e. The van der Waals surface area contributed by atoms with Gasteiger partial charge in [0.15, 0.2) is 0 Å². The minimum Gasteiger partial charge on any atom is -0.412 e. The molecule has 0 rings (SSSR count). The highest BCUT2D eigenvalue weighted by molar-refractivity contribution is 4.64. The maximum Gasteiger partial charge on any atom is 0.0462 e. The summed E-state index contributed by atoms with van der Waals surface area (Å²) in [5.41, 5.74) is 0. The minimum absolute atomic E-state index is 0. The second kappa shape index (κ2) is 57.9. The predicted molar refractivity (Wildman–Crippen MR) is 156 cm³/mol. The molecule has 0 aliphatic rings. The van der Waals surface area contributed by atoms with Crippen LogP contribution in [0.4, 0.5) is 0 Å². The molecule has 0 aliphatic heterocycles. The lowest BCUT2D eigenvalue weighted by atomic mass is 9.96. The number of rotatable bonds is 17. The third-order valence-corrected chi connectivity index (χ3v) is 4.97. The van der Waals surface area contributed by atoms with Crippen molar-refractivity contribution in [1.82, 2.24) is 0 Å². The second-order valence-corrected chi connectivity index (χ2v) is 8.12. The van der Waals surface area contributed by atoms with Gasteiger partial charge in [0.05, 0.1) is 0 Å². The standard InChI is InChI=1S/C10H22O.C7H14.C6H14.C5H12O.C2H6.H2O/c1-4-7-10(5-2)8-6-9-11-3;1-3-5-7-6-4-2;1-3-5-6-4-2;1-2-3-4-5-6;1-2;/h10H,4-9H2,1-3H3;3H,1,4-7H2,2H3;3-6H2,1-2H3;6H,2-5H2,1H3;1-2H3;1H2/t10-;;;;;/m1...../s1. The zero-order valence-corrected chi connectivity index (χ0v) is 24.9. The first-order valence-electron chi connectivity index (χ1n) is 14.3. The van der Waals surface area contributed by atoms with E-state index < -0.39 is 0 Å². The highest BCUT2D eigenvalue weighted by Gasteiger charge is 2.03. The summed E-state index contributed by atoms with van der Waals surface area (Å²) >= 11 is 0. The van der Waals surface area contributed by atoms with E-state index in [0.717, 1.165) is 25.4 Å². The van der Waals surface area contributed by atoms with Crippen LogP contribution in [0.2, 0.25) is 0 Å². The van der Waals surface area contributed by atoms with E-state index in [9.17, 15) is 0 Å². The Morgan fingerprint density at radius 3 is 1.45 bits per heavy atom. The number of aliphatic hydroxyl groups is 1. The molecule has 208 valence electrons. The summed E-state index contributed by atoms with van der Waals surface area (Å²) in [4.78, 5) is 0. The van der Waals surface area contributed by atoms with Gasteiger partial charge < -0.3 is 15.3 Å². The zero-order chi connectivity index (χ0) is 25.7. The van der Waals surface area contributed by atoms with Crippen LogP contribution in [0.25, 0.3) is 0 Å². The quantitative estimate of drug-likeness (QED) is 0.167. The number of aliphatic hydroxyl groups excluding tert-OH is 1. The van der Waals surface area contributed by atoms with Crippen LogP contribution >= 0.6 is 0 Å². The van der Waals surface area contributed by atoms with Gasteiger partial charge in [-0.1, -0.05) is 132 Å². The van der Waals surface area contributed by atoms with Gasteiger partial charge in [-0.15, -0.1) is 6.58 Å². The molecule has 3 heteroatoms. The molecule has 3 N–H and O–H groups in total. The van der Waals surface area contributed by atoms with Crippen molar-refractivity contribution in [2.24, 2.45) is 5.92 Å². The third kappa shape index (κ3) is 72.1. The summed E-state index contributed by atoms with van der Waals surface area (Å²) in [6.07, 6.45) is 22.6. The molecular weight excluding hydrogens is 408 g/mol. The van der Waals surface area contributed by atoms with Gasteiger partial charge in [-0.25, -0.2) is 0 Å². The topological polar surface area (TPSA) is 61.0 Å². The molecule has 0 saturated heterocycles. The maximum absolute atomic E-state index is 8.20. The summed E-state index contributed by atoms with van der Waals surface area (Å²) in [7, 11) is 1.78. The zero-order valence-electron chi connectivity index (χ0n) is 24.9. The Bertz CT molecular complexity index is 229. The number of allylic oxidation sites excluding steroid dienone is 1. The van der Waals surface area contributed by atoms with Crippen LogP contribution in [0.3, 0.4) is 0 Å². The highest BCUT2D eigenvalue weighted by atomic mass is 16.5. The van der Waals surface area contributed by atoms with Crippen molar-refractivity contribution >= 4 is 0 Å². The van der Waals surface area contributed by atoms with Crippen molar-refractivity contribution in [3.8, 4) is 0 Å². The lowest BCUT2D eigenvalue weighted by molar-refractivity contribution is 0.185. The van der Waals surface area contributed by atoms with Crippen LogP contribution in [-0.4, -0.2) is 30.9 Å². The summed E-state index contributed by atoms with van der Waals surface area (Å²) in [6, 6.07) is 0. The lowest BCUT2D eigenvalue weighted by Crippen LogP contribution is -2.00. The summed E-state index contributed by atoms with van der Waals surface area (Å²) in [5, 5.41) is 8.20. The average Bonchev–Trinajstić information content (AvgIpc) is 2.83. The van der Waals surface area contributed by atoms with E-state index in [2.05, 4.69) is 48.1 Å². The summed E-state index contributed by atoms with van der Waals surface area (Å²) < 4.78 is 5.01. The van der Waals surface area contributed by atoms with E-state index >= 15 is 0 Å². The maximum atomic E-state index is 8.20. The molecule has 0 radical (unpaired) electrons. The Labute approximate surface area is 212 Å². The average molecular weight is 479 g/mol. The van der Waals surface area contributed by atoms with Gasteiger partial charge in [0.25, 0.3) is 0 Å². The van der Waals surface area contributed by atoms with Crippen molar-refractivity contribution in [2.75, 3.05) is 20.3 Å². The van der Waals surface area contributed by atoms with E-state index in [4.69, 9.17) is 9.84 Å². The molecule has 0 aliphatic carbocycles. The Balaban J connectivity index is -0.0000000734.